The van der Waals surface area contributed by atoms with Crippen LogP contribution in [-0.4, -0.2) is 19.8 Å². The normalized spacial score (nSPS) is 15.7. The zero-order valence-corrected chi connectivity index (χ0v) is 9.44. The fourth-order valence-electron chi connectivity index (χ4n) is 1.53. The fraction of sp³-hybridized carbons (Fsp3) is 1.00. The minimum atomic E-state index is 0.242. The Labute approximate surface area is 82.8 Å². The molecule has 0 radical (unpaired) electrons. The van der Waals surface area contributed by atoms with Crippen molar-refractivity contribution in [3.63, 3.8) is 0 Å². The highest BCUT2D eigenvalue weighted by molar-refractivity contribution is 4.78. The van der Waals surface area contributed by atoms with Crippen LogP contribution in [0.5, 0.6) is 0 Å². The standard InChI is InChI=1S/C11H25NO/c1-4-7-8-11(5-2,9-12)10-13-6-3/h4-10,12H2,1-3H3. The molecule has 0 fully saturated rings. The Kier molecular flexibility index (Phi) is 7.29. The van der Waals surface area contributed by atoms with Gasteiger partial charge in [0.15, 0.2) is 0 Å². The van der Waals surface area contributed by atoms with E-state index in [1.807, 2.05) is 6.92 Å². The molecule has 0 aliphatic carbocycles. The summed E-state index contributed by atoms with van der Waals surface area (Å²) in [5.74, 6) is 0. The lowest BCUT2D eigenvalue weighted by Crippen LogP contribution is -2.34. The van der Waals surface area contributed by atoms with Crippen LogP contribution >= 0.6 is 0 Å². The van der Waals surface area contributed by atoms with Gasteiger partial charge >= 0.3 is 0 Å². The van der Waals surface area contributed by atoms with Crippen molar-refractivity contribution in [2.75, 3.05) is 19.8 Å². The summed E-state index contributed by atoms with van der Waals surface area (Å²) < 4.78 is 5.50. The molecule has 0 rings (SSSR count). The Morgan fingerprint density at radius 1 is 1.23 bits per heavy atom. The topological polar surface area (TPSA) is 35.2 Å². The molecule has 2 N–H and O–H groups in total. The van der Waals surface area contributed by atoms with Gasteiger partial charge < -0.3 is 10.5 Å². The molecule has 0 amide bonds. The number of ether oxygens (including phenoxy) is 1. The van der Waals surface area contributed by atoms with Crippen molar-refractivity contribution in [2.24, 2.45) is 11.1 Å². The average molecular weight is 187 g/mol. The molecule has 0 saturated carbocycles. The van der Waals surface area contributed by atoms with Gasteiger partial charge in [0.2, 0.25) is 0 Å². The molecule has 2 heteroatoms. The third kappa shape index (κ3) is 4.63. The zero-order valence-electron chi connectivity index (χ0n) is 9.44. The summed E-state index contributed by atoms with van der Waals surface area (Å²) in [7, 11) is 0. The Morgan fingerprint density at radius 3 is 2.31 bits per heavy atom. The lowest BCUT2D eigenvalue weighted by molar-refractivity contribution is 0.0456. The third-order valence-electron chi connectivity index (χ3n) is 2.86. The average Bonchev–Trinajstić information content (AvgIpc) is 2.20. The number of hydrogen-bond acceptors (Lipinski definition) is 2. The van der Waals surface area contributed by atoms with Crippen LogP contribution in [-0.2, 0) is 4.74 Å². The molecule has 80 valence electrons. The van der Waals surface area contributed by atoms with Crippen molar-refractivity contribution in [2.45, 2.75) is 46.5 Å². The van der Waals surface area contributed by atoms with E-state index in [0.29, 0.717) is 0 Å². The van der Waals surface area contributed by atoms with E-state index in [1.54, 1.807) is 0 Å². The molecule has 0 aromatic carbocycles. The molecular formula is C11H25NO. The van der Waals surface area contributed by atoms with Gasteiger partial charge in [-0.1, -0.05) is 26.7 Å². The number of rotatable bonds is 8. The van der Waals surface area contributed by atoms with E-state index in [-0.39, 0.29) is 5.41 Å². The second-order valence-corrected chi connectivity index (χ2v) is 3.80. The summed E-state index contributed by atoms with van der Waals surface area (Å²) in [6.45, 7) is 8.85. The minimum absolute atomic E-state index is 0.242. The van der Waals surface area contributed by atoms with Crippen molar-refractivity contribution in [1.82, 2.24) is 0 Å². The summed E-state index contributed by atoms with van der Waals surface area (Å²) in [4.78, 5) is 0. The van der Waals surface area contributed by atoms with E-state index in [4.69, 9.17) is 10.5 Å². The van der Waals surface area contributed by atoms with Gasteiger partial charge in [-0.05, 0) is 19.8 Å². The van der Waals surface area contributed by atoms with Crippen molar-refractivity contribution < 1.29 is 4.74 Å². The Hall–Kier alpha value is -0.0800. The predicted molar refractivity (Wildman–Crippen MR) is 57.8 cm³/mol. The van der Waals surface area contributed by atoms with Gasteiger partial charge in [-0.15, -0.1) is 0 Å². The quantitative estimate of drug-likeness (QED) is 0.634. The lowest BCUT2D eigenvalue weighted by atomic mass is 9.81. The lowest BCUT2D eigenvalue weighted by Gasteiger charge is -2.31. The molecule has 1 atom stereocenters. The number of unbranched alkanes of at least 4 members (excludes halogenated alkanes) is 1. The smallest absolute Gasteiger partial charge is 0.0534 e. The predicted octanol–water partition coefficient (Wildman–Crippen LogP) is 2.57. The van der Waals surface area contributed by atoms with Crippen LogP contribution in [0.4, 0.5) is 0 Å². The molecule has 2 nitrogen and oxygen atoms in total. The van der Waals surface area contributed by atoms with Crippen LogP contribution in [0.15, 0.2) is 0 Å². The molecular weight excluding hydrogens is 162 g/mol. The van der Waals surface area contributed by atoms with Gasteiger partial charge in [-0.25, -0.2) is 0 Å². The maximum atomic E-state index is 5.82. The molecule has 0 spiro atoms. The highest BCUT2D eigenvalue weighted by Crippen LogP contribution is 2.27. The molecule has 13 heavy (non-hydrogen) atoms. The first-order valence-corrected chi connectivity index (χ1v) is 5.52. The van der Waals surface area contributed by atoms with Crippen molar-refractivity contribution in [3.05, 3.63) is 0 Å². The van der Waals surface area contributed by atoms with Crippen LogP contribution in [0, 0.1) is 5.41 Å². The molecule has 0 aromatic rings. The first-order valence-electron chi connectivity index (χ1n) is 5.52. The zero-order chi connectivity index (χ0) is 10.2. The van der Waals surface area contributed by atoms with Crippen molar-refractivity contribution in [1.29, 1.82) is 0 Å². The monoisotopic (exact) mass is 187 g/mol. The molecule has 0 aliphatic heterocycles. The molecule has 0 bridgehead atoms. The third-order valence-corrected chi connectivity index (χ3v) is 2.86. The van der Waals surface area contributed by atoms with E-state index in [2.05, 4.69) is 13.8 Å². The van der Waals surface area contributed by atoms with E-state index in [1.165, 1.54) is 19.3 Å². The van der Waals surface area contributed by atoms with Gasteiger partial charge in [0.1, 0.15) is 0 Å². The van der Waals surface area contributed by atoms with Gasteiger partial charge in [-0.2, -0.15) is 0 Å². The van der Waals surface area contributed by atoms with Gasteiger partial charge in [0.05, 0.1) is 6.61 Å². The van der Waals surface area contributed by atoms with Gasteiger partial charge in [0.25, 0.3) is 0 Å². The van der Waals surface area contributed by atoms with E-state index >= 15 is 0 Å². The maximum absolute atomic E-state index is 5.82. The first-order chi connectivity index (χ1) is 6.24. The summed E-state index contributed by atoms with van der Waals surface area (Å²) >= 11 is 0. The van der Waals surface area contributed by atoms with E-state index < -0.39 is 0 Å². The number of hydrogen-bond donors (Lipinski definition) is 1. The Bertz CT molecular complexity index is 101. The van der Waals surface area contributed by atoms with Gasteiger partial charge in [-0.3, -0.25) is 0 Å². The van der Waals surface area contributed by atoms with Crippen molar-refractivity contribution in [3.8, 4) is 0 Å². The molecule has 0 saturated heterocycles. The Balaban J connectivity index is 3.97. The first kappa shape index (κ1) is 12.9. The van der Waals surface area contributed by atoms with Crippen LogP contribution < -0.4 is 5.73 Å². The van der Waals surface area contributed by atoms with Crippen LogP contribution in [0.2, 0.25) is 0 Å². The summed E-state index contributed by atoms with van der Waals surface area (Å²) in [6.07, 6.45) is 4.84. The fourth-order valence-corrected chi connectivity index (χ4v) is 1.53. The second kappa shape index (κ2) is 7.34. The SMILES string of the molecule is CCCCC(CC)(CN)COCC. The number of nitrogens with two attached hydrogens (primary N) is 1. The van der Waals surface area contributed by atoms with Crippen LogP contribution in [0.25, 0.3) is 0 Å². The summed E-state index contributed by atoms with van der Waals surface area (Å²) in [6, 6.07) is 0. The highest BCUT2D eigenvalue weighted by atomic mass is 16.5. The Morgan fingerprint density at radius 2 is 1.92 bits per heavy atom. The van der Waals surface area contributed by atoms with Gasteiger partial charge in [0, 0.05) is 18.6 Å². The maximum Gasteiger partial charge on any atom is 0.0534 e. The molecule has 0 heterocycles. The molecule has 0 aromatic heterocycles. The van der Waals surface area contributed by atoms with E-state index in [0.717, 1.165) is 26.2 Å². The summed E-state index contributed by atoms with van der Waals surface area (Å²) in [5, 5.41) is 0. The summed E-state index contributed by atoms with van der Waals surface area (Å²) in [5.41, 5.74) is 6.06. The molecule has 0 aliphatic rings. The van der Waals surface area contributed by atoms with Crippen LogP contribution in [0.3, 0.4) is 0 Å². The van der Waals surface area contributed by atoms with Crippen molar-refractivity contribution >= 4 is 0 Å². The van der Waals surface area contributed by atoms with Crippen LogP contribution in [0.1, 0.15) is 46.5 Å². The molecule has 1 unspecified atom stereocenters. The largest absolute Gasteiger partial charge is 0.381 e. The van der Waals surface area contributed by atoms with E-state index in [9.17, 15) is 0 Å². The highest BCUT2D eigenvalue weighted by Gasteiger charge is 2.25. The second-order valence-electron chi connectivity index (χ2n) is 3.80. The minimum Gasteiger partial charge on any atom is -0.381 e.